The highest BCUT2D eigenvalue weighted by atomic mass is 32.1. The minimum atomic E-state index is 0.0173. The highest BCUT2D eigenvalue weighted by molar-refractivity contribution is 7.12. The van der Waals surface area contributed by atoms with E-state index < -0.39 is 0 Å². The van der Waals surface area contributed by atoms with Crippen LogP contribution in [0, 0.1) is 0 Å². The van der Waals surface area contributed by atoms with Crippen molar-refractivity contribution in [1.82, 2.24) is 14.5 Å². The zero-order valence-corrected chi connectivity index (χ0v) is 19.3. The van der Waals surface area contributed by atoms with Crippen molar-refractivity contribution in [3.8, 4) is 5.13 Å². The van der Waals surface area contributed by atoms with Crippen LogP contribution >= 0.6 is 11.3 Å². The van der Waals surface area contributed by atoms with Gasteiger partial charge < -0.3 is 0 Å². The summed E-state index contributed by atoms with van der Waals surface area (Å²) >= 11 is 1.57. The van der Waals surface area contributed by atoms with Crippen LogP contribution in [0.1, 0.15) is 35.6 Å². The molecule has 4 nitrogen and oxygen atoms in total. The molecule has 0 fully saturated rings. The standard InChI is InChI=1S/C29H21N3OS/c33-26-17-25(32(29-31-15-16-34-29)28-24(26)9-4-14-30-28)23-8-3-6-19-11-12-21-20-7-2-1-5-18(20)10-13-22(21)27(19)23/h1-2,4-5,7,9-17,23H,3,6,8H2. The molecule has 3 aromatic heterocycles. The molecule has 0 amide bonds. The number of nitrogens with zero attached hydrogens (tertiary/aromatic N) is 3. The van der Waals surface area contributed by atoms with Gasteiger partial charge in [-0.05, 0) is 64.1 Å². The molecule has 5 heteroatoms. The first-order valence-electron chi connectivity index (χ1n) is 11.6. The third-order valence-electron chi connectivity index (χ3n) is 7.11. The predicted octanol–water partition coefficient (Wildman–Crippen LogP) is 6.62. The first kappa shape index (κ1) is 19.6. The third kappa shape index (κ3) is 2.87. The largest absolute Gasteiger partial charge is 0.289 e. The molecule has 0 N–H and O–H groups in total. The van der Waals surface area contributed by atoms with E-state index in [0.29, 0.717) is 11.0 Å². The van der Waals surface area contributed by atoms with E-state index in [1.54, 1.807) is 17.5 Å². The molecule has 1 unspecified atom stereocenters. The summed E-state index contributed by atoms with van der Waals surface area (Å²) in [4.78, 5) is 22.5. The molecule has 1 atom stereocenters. The van der Waals surface area contributed by atoms with Crippen molar-refractivity contribution in [1.29, 1.82) is 0 Å². The molecule has 0 bridgehead atoms. The van der Waals surface area contributed by atoms with Gasteiger partial charge in [-0.25, -0.2) is 9.97 Å². The molecule has 164 valence electrons. The van der Waals surface area contributed by atoms with Crippen LogP contribution in [0.4, 0.5) is 0 Å². The first-order valence-corrected chi connectivity index (χ1v) is 12.5. The molecule has 0 spiro atoms. The summed E-state index contributed by atoms with van der Waals surface area (Å²) in [5.41, 5.74) is 4.39. The van der Waals surface area contributed by atoms with Crippen LogP contribution in [0.15, 0.2) is 89.3 Å². The molecule has 3 heterocycles. The average molecular weight is 460 g/mol. The molecule has 0 aliphatic heterocycles. The molecule has 1 aliphatic rings. The van der Waals surface area contributed by atoms with Gasteiger partial charge in [0.05, 0.1) is 5.39 Å². The maximum atomic E-state index is 13.2. The highest BCUT2D eigenvalue weighted by Crippen LogP contribution is 2.43. The monoisotopic (exact) mass is 459 g/mol. The lowest BCUT2D eigenvalue weighted by Gasteiger charge is -2.30. The van der Waals surface area contributed by atoms with Crippen LogP contribution < -0.4 is 5.43 Å². The van der Waals surface area contributed by atoms with E-state index in [1.165, 1.54) is 32.7 Å². The topological polar surface area (TPSA) is 47.8 Å². The van der Waals surface area contributed by atoms with Crippen molar-refractivity contribution in [2.75, 3.05) is 0 Å². The van der Waals surface area contributed by atoms with Gasteiger partial charge in [0.1, 0.15) is 5.65 Å². The van der Waals surface area contributed by atoms with E-state index in [4.69, 9.17) is 0 Å². The van der Waals surface area contributed by atoms with E-state index >= 15 is 0 Å². The van der Waals surface area contributed by atoms with Crippen molar-refractivity contribution >= 4 is 43.9 Å². The van der Waals surface area contributed by atoms with Gasteiger partial charge in [0.15, 0.2) is 10.6 Å². The second kappa shape index (κ2) is 7.61. The van der Waals surface area contributed by atoms with Gasteiger partial charge in [0, 0.05) is 35.5 Å². The minimum Gasteiger partial charge on any atom is -0.289 e. The summed E-state index contributed by atoms with van der Waals surface area (Å²) in [6, 6.07) is 23.1. The number of aromatic nitrogens is 3. The molecule has 7 rings (SSSR count). The maximum Gasteiger partial charge on any atom is 0.195 e. The number of pyridine rings is 2. The number of aryl methyl sites for hydroxylation is 1. The number of benzene rings is 3. The Balaban J connectivity index is 1.58. The molecule has 0 saturated carbocycles. The minimum absolute atomic E-state index is 0.0173. The Bertz CT molecular complexity index is 1770. The number of hydrogen-bond donors (Lipinski definition) is 0. The predicted molar refractivity (Wildman–Crippen MR) is 139 cm³/mol. The fourth-order valence-corrected chi connectivity index (χ4v) is 6.34. The smallest absolute Gasteiger partial charge is 0.195 e. The van der Waals surface area contributed by atoms with Crippen molar-refractivity contribution in [3.63, 3.8) is 0 Å². The van der Waals surface area contributed by atoms with E-state index in [-0.39, 0.29) is 11.3 Å². The third-order valence-corrected chi connectivity index (χ3v) is 7.87. The Morgan fingerprint density at radius 2 is 1.74 bits per heavy atom. The zero-order chi connectivity index (χ0) is 22.6. The van der Waals surface area contributed by atoms with Crippen LogP contribution in [-0.2, 0) is 6.42 Å². The maximum absolute atomic E-state index is 13.2. The molecular weight excluding hydrogens is 438 g/mol. The molecule has 6 aromatic rings. The second-order valence-corrected chi connectivity index (χ2v) is 9.80. The summed E-state index contributed by atoms with van der Waals surface area (Å²) in [6.45, 7) is 0. The van der Waals surface area contributed by atoms with Crippen molar-refractivity contribution in [2.45, 2.75) is 25.2 Å². The SMILES string of the molecule is O=c1cc(C2CCCc3ccc4c(ccc5ccccc54)c32)n(-c2nccs2)c2ncccc12. The summed E-state index contributed by atoms with van der Waals surface area (Å²) in [5.74, 6) is 0.0941. The fourth-order valence-electron chi connectivity index (χ4n) is 5.67. The van der Waals surface area contributed by atoms with Gasteiger partial charge in [-0.3, -0.25) is 9.36 Å². The zero-order valence-electron chi connectivity index (χ0n) is 18.4. The Labute approximate surface area is 200 Å². The average Bonchev–Trinajstić information content (AvgIpc) is 3.42. The van der Waals surface area contributed by atoms with Crippen molar-refractivity contribution in [3.05, 3.63) is 112 Å². The Morgan fingerprint density at radius 1 is 0.853 bits per heavy atom. The summed E-state index contributed by atoms with van der Waals surface area (Å²) in [6.07, 6.45) is 6.70. The number of fused-ring (bicyclic) bond motifs is 6. The molecule has 0 saturated heterocycles. The van der Waals surface area contributed by atoms with Crippen molar-refractivity contribution < 1.29 is 0 Å². The molecule has 34 heavy (non-hydrogen) atoms. The molecule has 1 aliphatic carbocycles. The lowest BCUT2D eigenvalue weighted by Crippen LogP contribution is -2.21. The van der Waals surface area contributed by atoms with E-state index in [1.807, 2.05) is 29.8 Å². The van der Waals surface area contributed by atoms with Gasteiger partial charge in [0.2, 0.25) is 0 Å². The van der Waals surface area contributed by atoms with Crippen LogP contribution in [0.2, 0.25) is 0 Å². The lowest BCUT2D eigenvalue weighted by atomic mass is 9.77. The summed E-state index contributed by atoms with van der Waals surface area (Å²) < 4.78 is 2.11. The van der Waals surface area contributed by atoms with Gasteiger partial charge >= 0.3 is 0 Å². The van der Waals surface area contributed by atoms with Crippen LogP contribution in [0.5, 0.6) is 0 Å². The Morgan fingerprint density at radius 3 is 2.65 bits per heavy atom. The van der Waals surface area contributed by atoms with Gasteiger partial charge in [0.25, 0.3) is 0 Å². The van der Waals surface area contributed by atoms with E-state index in [9.17, 15) is 4.79 Å². The molecule has 0 radical (unpaired) electrons. The Kier molecular flexibility index (Phi) is 4.39. The fraction of sp³-hybridized carbons (Fsp3) is 0.138. The van der Waals surface area contributed by atoms with Gasteiger partial charge in [-0.1, -0.05) is 48.5 Å². The number of hydrogen-bond acceptors (Lipinski definition) is 4. The first-order chi connectivity index (χ1) is 16.8. The molecular formula is C29H21N3OS. The summed E-state index contributed by atoms with van der Waals surface area (Å²) in [5, 5.41) is 8.51. The van der Waals surface area contributed by atoms with Crippen LogP contribution in [-0.4, -0.2) is 14.5 Å². The van der Waals surface area contributed by atoms with Crippen molar-refractivity contribution in [2.24, 2.45) is 0 Å². The quantitative estimate of drug-likeness (QED) is 0.274. The number of thiazole rings is 1. The Hall–Kier alpha value is -3.83. The normalized spacial score (nSPS) is 15.7. The number of rotatable bonds is 2. The van der Waals surface area contributed by atoms with Gasteiger partial charge in [-0.15, -0.1) is 11.3 Å². The summed E-state index contributed by atoms with van der Waals surface area (Å²) in [7, 11) is 0. The van der Waals surface area contributed by atoms with E-state index in [0.717, 1.165) is 30.1 Å². The van der Waals surface area contributed by atoms with Crippen LogP contribution in [0.3, 0.4) is 0 Å². The van der Waals surface area contributed by atoms with E-state index in [2.05, 4.69) is 63.1 Å². The second-order valence-electron chi connectivity index (χ2n) is 8.92. The van der Waals surface area contributed by atoms with Gasteiger partial charge in [-0.2, -0.15) is 0 Å². The highest BCUT2D eigenvalue weighted by Gasteiger charge is 2.28. The van der Waals surface area contributed by atoms with Crippen LogP contribution in [0.25, 0.3) is 37.7 Å². The lowest BCUT2D eigenvalue weighted by molar-refractivity contribution is 0.599. The molecule has 3 aromatic carbocycles.